The summed E-state index contributed by atoms with van der Waals surface area (Å²) in [4.78, 5) is 0. The van der Waals surface area contributed by atoms with Gasteiger partial charge in [0.1, 0.15) is 0 Å². The molecule has 0 aliphatic carbocycles. The summed E-state index contributed by atoms with van der Waals surface area (Å²) in [6.07, 6.45) is 0. The smallest absolute Gasteiger partial charge is 0.0860 e. The van der Waals surface area contributed by atoms with Crippen LogP contribution in [0.2, 0.25) is 0 Å². The second-order valence-electron chi connectivity index (χ2n) is 4.52. The van der Waals surface area contributed by atoms with Crippen LogP contribution in [-0.2, 0) is 5.60 Å². The van der Waals surface area contributed by atoms with E-state index in [2.05, 4.69) is 13.8 Å². The Morgan fingerprint density at radius 2 is 1.86 bits per heavy atom. The van der Waals surface area contributed by atoms with Crippen LogP contribution in [0.3, 0.4) is 0 Å². The average molecular weight is 193 g/mol. The Hall–Kier alpha value is -1.02. The molecule has 0 saturated carbocycles. The van der Waals surface area contributed by atoms with E-state index in [0.717, 1.165) is 16.8 Å². The van der Waals surface area contributed by atoms with Crippen LogP contribution in [0.5, 0.6) is 0 Å². The largest absolute Gasteiger partial charge is 0.398 e. The highest BCUT2D eigenvalue weighted by Crippen LogP contribution is 2.31. The molecular formula is C12H19NO. The van der Waals surface area contributed by atoms with E-state index in [0.29, 0.717) is 5.92 Å². The van der Waals surface area contributed by atoms with Gasteiger partial charge in [0.2, 0.25) is 0 Å². The lowest BCUT2D eigenvalue weighted by molar-refractivity contribution is 0.0793. The first kappa shape index (κ1) is 11.1. The van der Waals surface area contributed by atoms with Crippen molar-refractivity contribution < 1.29 is 5.11 Å². The Kier molecular flexibility index (Phi) is 2.86. The predicted octanol–water partition coefficient (Wildman–Crippen LogP) is 2.62. The fourth-order valence-corrected chi connectivity index (χ4v) is 1.62. The first-order chi connectivity index (χ1) is 6.34. The van der Waals surface area contributed by atoms with Crippen molar-refractivity contribution in [1.82, 2.24) is 0 Å². The van der Waals surface area contributed by atoms with Gasteiger partial charge < -0.3 is 10.8 Å². The minimum atomic E-state index is -0.866. The standard InChI is InChI=1S/C12H19NO/c1-8(2)9-6-5-7-10(11(9)13)12(3,4)14/h5-8,14H,13H2,1-4H3. The minimum Gasteiger partial charge on any atom is -0.398 e. The monoisotopic (exact) mass is 193 g/mol. The maximum Gasteiger partial charge on any atom is 0.0860 e. The molecule has 0 aliphatic rings. The van der Waals surface area contributed by atoms with Crippen LogP contribution in [0.15, 0.2) is 18.2 Å². The molecular weight excluding hydrogens is 174 g/mol. The van der Waals surface area contributed by atoms with Crippen molar-refractivity contribution in [3.63, 3.8) is 0 Å². The first-order valence-corrected chi connectivity index (χ1v) is 4.95. The van der Waals surface area contributed by atoms with E-state index >= 15 is 0 Å². The molecule has 0 amide bonds. The van der Waals surface area contributed by atoms with Crippen molar-refractivity contribution in [2.45, 2.75) is 39.2 Å². The van der Waals surface area contributed by atoms with Crippen molar-refractivity contribution in [2.75, 3.05) is 5.73 Å². The van der Waals surface area contributed by atoms with E-state index in [1.807, 2.05) is 18.2 Å². The Morgan fingerprint density at radius 1 is 1.29 bits per heavy atom. The SMILES string of the molecule is CC(C)c1cccc(C(C)(C)O)c1N. The van der Waals surface area contributed by atoms with Gasteiger partial charge in [-0.1, -0.05) is 32.0 Å². The van der Waals surface area contributed by atoms with E-state index in [1.54, 1.807) is 13.8 Å². The highest BCUT2D eigenvalue weighted by Gasteiger charge is 2.20. The van der Waals surface area contributed by atoms with Crippen LogP contribution >= 0.6 is 0 Å². The van der Waals surface area contributed by atoms with Crippen molar-refractivity contribution in [1.29, 1.82) is 0 Å². The first-order valence-electron chi connectivity index (χ1n) is 4.95. The maximum absolute atomic E-state index is 9.90. The fraction of sp³-hybridized carbons (Fsp3) is 0.500. The molecule has 2 heteroatoms. The van der Waals surface area contributed by atoms with Gasteiger partial charge in [0.15, 0.2) is 0 Å². The molecule has 0 saturated heterocycles. The zero-order chi connectivity index (χ0) is 10.9. The lowest BCUT2D eigenvalue weighted by atomic mass is 9.90. The van der Waals surface area contributed by atoms with Crippen molar-refractivity contribution in [3.8, 4) is 0 Å². The van der Waals surface area contributed by atoms with Crippen LogP contribution < -0.4 is 5.73 Å². The summed E-state index contributed by atoms with van der Waals surface area (Å²) < 4.78 is 0. The second kappa shape index (κ2) is 3.62. The van der Waals surface area contributed by atoms with E-state index in [-0.39, 0.29) is 0 Å². The summed E-state index contributed by atoms with van der Waals surface area (Å²) in [6.45, 7) is 7.70. The maximum atomic E-state index is 9.90. The Bertz CT molecular complexity index is 324. The summed E-state index contributed by atoms with van der Waals surface area (Å²) >= 11 is 0. The number of para-hydroxylation sites is 1. The van der Waals surface area contributed by atoms with Crippen LogP contribution in [0, 0.1) is 0 Å². The van der Waals surface area contributed by atoms with Crippen LogP contribution in [0.4, 0.5) is 5.69 Å². The molecule has 0 spiro atoms. The van der Waals surface area contributed by atoms with E-state index in [4.69, 9.17) is 5.73 Å². The number of aliphatic hydroxyl groups is 1. The highest BCUT2D eigenvalue weighted by atomic mass is 16.3. The minimum absolute atomic E-state index is 0.386. The van der Waals surface area contributed by atoms with Gasteiger partial charge in [-0.05, 0) is 25.3 Å². The molecule has 0 aromatic heterocycles. The van der Waals surface area contributed by atoms with Crippen molar-refractivity contribution in [3.05, 3.63) is 29.3 Å². The molecule has 0 fully saturated rings. The van der Waals surface area contributed by atoms with Gasteiger partial charge in [0.25, 0.3) is 0 Å². The molecule has 0 heterocycles. The summed E-state index contributed by atoms with van der Waals surface area (Å²) in [5.74, 6) is 0.386. The quantitative estimate of drug-likeness (QED) is 0.709. The van der Waals surface area contributed by atoms with Crippen molar-refractivity contribution >= 4 is 5.69 Å². The second-order valence-corrected chi connectivity index (χ2v) is 4.52. The van der Waals surface area contributed by atoms with Crippen LogP contribution in [0.25, 0.3) is 0 Å². The Balaban J connectivity index is 3.28. The molecule has 0 aliphatic heterocycles. The Morgan fingerprint density at radius 3 is 2.29 bits per heavy atom. The molecule has 0 radical (unpaired) electrons. The Labute approximate surface area is 85.8 Å². The summed E-state index contributed by atoms with van der Waals surface area (Å²) in [5, 5.41) is 9.90. The van der Waals surface area contributed by atoms with Gasteiger partial charge in [-0.3, -0.25) is 0 Å². The molecule has 0 bridgehead atoms. The van der Waals surface area contributed by atoms with E-state index in [1.165, 1.54) is 0 Å². The summed E-state index contributed by atoms with van der Waals surface area (Å²) in [6, 6.07) is 5.83. The molecule has 1 rings (SSSR count). The van der Waals surface area contributed by atoms with Gasteiger partial charge in [0.05, 0.1) is 5.60 Å². The molecule has 0 atom stereocenters. The van der Waals surface area contributed by atoms with Gasteiger partial charge in [-0.15, -0.1) is 0 Å². The molecule has 2 nitrogen and oxygen atoms in total. The van der Waals surface area contributed by atoms with E-state index < -0.39 is 5.60 Å². The van der Waals surface area contributed by atoms with Gasteiger partial charge >= 0.3 is 0 Å². The topological polar surface area (TPSA) is 46.2 Å². The number of nitrogens with two attached hydrogens (primary N) is 1. The van der Waals surface area contributed by atoms with Crippen molar-refractivity contribution in [2.24, 2.45) is 0 Å². The normalized spacial score (nSPS) is 12.1. The average Bonchev–Trinajstić information content (AvgIpc) is 2.01. The van der Waals surface area contributed by atoms with Gasteiger partial charge in [-0.25, -0.2) is 0 Å². The summed E-state index contributed by atoms with van der Waals surface area (Å²) in [5.41, 5.74) is 7.77. The van der Waals surface area contributed by atoms with E-state index in [9.17, 15) is 5.11 Å². The number of benzene rings is 1. The highest BCUT2D eigenvalue weighted by molar-refractivity contribution is 5.56. The molecule has 14 heavy (non-hydrogen) atoms. The van der Waals surface area contributed by atoms with Crippen LogP contribution in [-0.4, -0.2) is 5.11 Å². The third-order valence-corrected chi connectivity index (χ3v) is 2.42. The van der Waals surface area contributed by atoms with Gasteiger partial charge in [-0.2, -0.15) is 0 Å². The number of nitrogen functional groups attached to an aromatic ring is 1. The number of rotatable bonds is 2. The molecule has 1 aromatic carbocycles. The fourth-order valence-electron chi connectivity index (χ4n) is 1.62. The lowest BCUT2D eigenvalue weighted by Gasteiger charge is -2.22. The molecule has 1 aromatic rings. The van der Waals surface area contributed by atoms with Gasteiger partial charge in [0, 0.05) is 11.3 Å². The third kappa shape index (κ3) is 2.07. The third-order valence-electron chi connectivity index (χ3n) is 2.42. The number of hydrogen-bond acceptors (Lipinski definition) is 2. The molecule has 3 N–H and O–H groups in total. The molecule has 0 unspecified atom stereocenters. The molecule has 78 valence electrons. The summed E-state index contributed by atoms with van der Waals surface area (Å²) in [7, 11) is 0. The zero-order valence-electron chi connectivity index (χ0n) is 9.33. The number of hydrogen-bond donors (Lipinski definition) is 2. The van der Waals surface area contributed by atoms with Crippen LogP contribution in [0.1, 0.15) is 44.7 Å². The zero-order valence-corrected chi connectivity index (χ0v) is 9.33. The lowest BCUT2D eigenvalue weighted by Crippen LogP contribution is -2.18. The predicted molar refractivity (Wildman–Crippen MR) is 60.2 cm³/mol. The number of anilines is 1.